The van der Waals surface area contributed by atoms with E-state index in [4.69, 9.17) is 9.47 Å². The standard InChI is InChI=1S/C16H20O4/c1-5(17)19-3-7-8(4-20-6(2)18)10-13-11-9(7)12-14(10)16(12)15(11)13/h7-16H,3-4H2,1-2H3/t7-,8+,9?,10?,11-,12+,13-,14-,15?,16?/m0/s1. The fraction of sp³-hybridized carbons (Fsp3) is 0.875. The van der Waals surface area contributed by atoms with Crippen LogP contribution in [0.15, 0.2) is 0 Å². The van der Waals surface area contributed by atoms with E-state index in [0.717, 1.165) is 47.3 Å². The van der Waals surface area contributed by atoms with Gasteiger partial charge in [0.1, 0.15) is 0 Å². The van der Waals surface area contributed by atoms with Crippen LogP contribution in [-0.4, -0.2) is 25.2 Å². The zero-order valence-electron chi connectivity index (χ0n) is 11.8. The summed E-state index contributed by atoms with van der Waals surface area (Å²) < 4.78 is 10.7. The van der Waals surface area contributed by atoms with E-state index in [-0.39, 0.29) is 11.9 Å². The number of esters is 2. The van der Waals surface area contributed by atoms with E-state index >= 15 is 0 Å². The lowest BCUT2D eigenvalue weighted by molar-refractivity contribution is -0.154. The molecule has 0 aromatic rings. The maximum absolute atomic E-state index is 11.1. The molecular weight excluding hydrogens is 256 g/mol. The Morgan fingerprint density at radius 3 is 1.25 bits per heavy atom. The summed E-state index contributed by atoms with van der Waals surface area (Å²) in [5.41, 5.74) is 0. The van der Waals surface area contributed by atoms with E-state index in [2.05, 4.69) is 0 Å². The quantitative estimate of drug-likeness (QED) is 0.727. The van der Waals surface area contributed by atoms with Gasteiger partial charge in [-0.3, -0.25) is 9.59 Å². The molecule has 6 saturated carbocycles. The molecular formula is C16H20O4. The topological polar surface area (TPSA) is 52.6 Å². The van der Waals surface area contributed by atoms with Gasteiger partial charge in [0.2, 0.25) is 0 Å². The number of rotatable bonds is 4. The molecule has 0 aromatic carbocycles. The maximum atomic E-state index is 11.1. The van der Waals surface area contributed by atoms with Crippen LogP contribution in [0.2, 0.25) is 0 Å². The lowest BCUT2D eigenvalue weighted by atomic mass is 9.59. The first kappa shape index (κ1) is 11.6. The van der Waals surface area contributed by atoms with Gasteiger partial charge < -0.3 is 9.47 Å². The van der Waals surface area contributed by atoms with Crippen molar-refractivity contribution in [2.75, 3.05) is 13.2 Å². The van der Waals surface area contributed by atoms with Crippen molar-refractivity contribution < 1.29 is 19.1 Å². The Hall–Kier alpha value is -1.06. The highest BCUT2D eigenvalue weighted by Crippen LogP contribution is 2.93. The minimum Gasteiger partial charge on any atom is -0.466 e. The van der Waals surface area contributed by atoms with Crippen LogP contribution < -0.4 is 0 Å². The third kappa shape index (κ3) is 1.16. The molecule has 4 nitrogen and oxygen atoms in total. The highest BCUT2D eigenvalue weighted by molar-refractivity contribution is 5.66. The van der Waals surface area contributed by atoms with Crippen LogP contribution in [0.25, 0.3) is 0 Å². The second kappa shape index (κ2) is 3.40. The predicted octanol–water partition coefficient (Wildman–Crippen LogP) is 1.34. The van der Waals surface area contributed by atoms with Crippen molar-refractivity contribution in [1.82, 2.24) is 0 Å². The Morgan fingerprint density at radius 2 is 0.950 bits per heavy atom. The summed E-state index contributed by atoms with van der Waals surface area (Å²) in [5.74, 6) is 7.67. The van der Waals surface area contributed by atoms with Gasteiger partial charge in [-0.2, -0.15) is 0 Å². The number of carbonyl (C=O) groups is 2. The summed E-state index contributed by atoms with van der Waals surface area (Å²) in [6, 6.07) is 0. The zero-order chi connectivity index (χ0) is 13.8. The first-order valence-corrected chi connectivity index (χ1v) is 7.88. The summed E-state index contributed by atoms with van der Waals surface area (Å²) in [5, 5.41) is 0. The number of carbonyl (C=O) groups excluding carboxylic acids is 2. The van der Waals surface area contributed by atoms with Crippen molar-refractivity contribution in [3.63, 3.8) is 0 Å². The Bertz CT molecular complexity index is 449. The van der Waals surface area contributed by atoms with Crippen molar-refractivity contribution in [3.05, 3.63) is 0 Å². The molecule has 4 unspecified atom stereocenters. The first-order chi connectivity index (χ1) is 9.61. The van der Waals surface area contributed by atoms with Crippen LogP contribution in [0.4, 0.5) is 0 Å². The molecule has 0 saturated heterocycles. The minimum atomic E-state index is -0.190. The monoisotopic (exact) mass is 276 g/mol. The van der Waals surface area contributed by atoms with Crippen molar-refractivity contribution in [3.8, 4) is 0 Å². The lowest BCUT2D eigenvalue weighted by Crippen LogP contribution is -2.47. The molecule has 0 aliphatic heterocycles. The van der Waals surface area contributed by atoms with Gasteiger partial charge >= 0.3 is 11.9 Å². The Kier molecular flexibility index (Phi) is 1.97. The van der Waals surface area contributed by atoms with Crippen LogP contribution in [0.1, 0.15) is 13.8 Å². The minimum absolute atomic E-state index is 0.190. The van der Waals surface area contributed by atoms with Gasteiger partial charge in [0, 0.05) is 25.7 Å². The molecule has 10 atom stereocenters. The van der Waals surface area contributed by atoms with Gasteiger partial charge in [-0.25, -0.2) is 0 Å². The molecule has 108 valence electrons. The second-order valence-electron chi connectivity index (χ2n) is 7.55. The van der Waals surface area contributed by atoms with Gasteiger partial charge in [-0.15, -0.1) is 0 Å². The van der Waals surface area contributed by atoms with Gasteiger partial charge in [-0.05, 0) is 47.3 Å². The highest BCUT2D eigenvalue weighted by atomic mass is 16.5. The van der Waals surface area contributed by atoms with Crippen LogP contribution in [-0.2, 0) is 19.1 Å². The van der Waals surface area contributed by atoms with Crippen molar-refractivity contribution in [2.24, 2.45) is 59.2 Å². The van der Waals surface area contributed by atoms with Gasteiger partial charge in [0.05, 0.1) is 13.2 Å². The average molecular weight is 276 g/mol. The first-order valence-electron chi connectivity index (χ1n) is 7.88. The Balaban J connectivity index is 1.40. The third-order valence-corrected chi connectivity index (χ3v) is 7.10. The second-order valence-corrected chi connectivity index (χ2v) is 7.55. The van der Waals surface area contributed by atoms with E-state index in [9.17, 15) is 9.59 Å². The van der Waals surface area contributed by atoms with E-state index in [1.807, 2.05) is 0 Å². The van der Waals surface area contributed by atoms with Gasteiger partial charge in [0.25, 0.3) is 0 Å². The number of fused-ring (bicyclic) bond motifs is 1. The molecule has 20 heavy (non-hydrogen) atoms. The third-order valence-electron chi connectivity index (χ3n) is 7.10. The molecule has 0 N–H and O–H groups in total. The summed E-state index contributed by atoms with van der Waals surface area (Å²) >= 11 is 0. The highest BCUT2D eigenvalue weighted by Gasteiger charge is 2.90. The molecule has 0 radical (unpaired) electrons. The largest absolute Gasteiger partial charge is 0.466 e. The number of hydrogen-bond donors (Lipinski definition) is 0. The van der Waals surface area contributed by atoms with Crippen molar-refractivity contribution in [2.45, 2.75) is 13.8 Å². The molecule has 6 aliphatic carbocycles. The van der Waals surface area contributed by atoms with Crippen molar-refractivity contribution in [1.29, 1.82) is 0 Å². The molecule has 4 heteroatoms. The van der Waals surface area contributed by atoms with Crippen LogP contribution in [0.5, 0.6) is 0 Å². The van der Waals surface area contributed by atoms with E-state index in [0.29, 0.717) is 25.0 Å². The summed E-state index contributed by atoms with van der Waals surface area (Å²) in [6.07, 6.45) is 0. The van der Waals surface area contributed by atoms with Crippen LogP contribution >= 0.6 is 0 Å². The maximum Gasteiger partial charge on any atom is 0.302 e. The number of hydrogen-bond acceptors (Lipinski definition) is 4. The Morgan fingerprint density at radius 1 is 0.650 bits per heavy atom. The molecule has 0 amide bonds. The van der Waals surface area contributed by atoms with Crippen molar-refractivity contribution >= 4 is 11.9 Å². The zero-order valence-corrected chi connectivity index (χ0v) is 11.8. The average Bonchev–Trinajstić information content (AvgIpc) is 3.22. The molecule has 6 fully saturated rings. The fourth-order valence-electron chi connectivity index (χ4n) is 6.97. The Labute approximate surface area is 118 Å². The van der Waals surface area contributed by atoms with Crippen LogP contribution in [0, 0.1) is 59.2 Å². The smallest absolute Gasteiger partial charge is 0.302 e. The summed E-state index contributed by atoms with van der Waals surface area (Å²) in [6.45, 7) is 4.03. The van der Waals surface area contributed by atoms with E-state index in [1.165, 1.54) is 13.8 Å². The normalized spacial score (nSPS) is 58.3. The lowest BCUT2D eigenvalue weighted by Gasteiger charge is -2.47. The van der Waals surface area contributed by atoms with Gasteiger partial charge in [0.15, 0.2) is 0 Å². The molecule has 0 aromatic heterocycles. The number of ether oxygens (including phenoxy) is 2. The predicted molar refractivity (Wildman–Crippen MR) is 68.2 cm³/mol. The van der Waals surface area contributed by atoms with Crippen LogP contribution in [0.3, 0.4) is 0 Å². The molecule has 2 bridgehead atoms. The molecule has 0 heterocycles. The van der Waals surface area contributed by atoms with Gasteiger partial charge in [-0.1, -0.05) is 0 Å². The SMILES string of the molecule is CC(=O)OC[C@@H]1C2[C@H]3C4C5[C@@H]2[C@@H]5C([C@H]43)[C@@H]1COC(C)=O. The molecule has 0 spiro atoms. The van der Waals surface area contributed by atoms with E-state index < -0.39 is 0 Å². The fourth-order valence-corrected chi connectivity index (χ4v) is 6.97. The molecule has 6 rings (SSSR count). The molecule has 6 aliphatic rings. The van der Waals surface area contributed by atoms with E-state index in [1.54, 1.807) is 0 Å². The summed E-state index contributed by atoms with van der Waals surface area (Å²) in [7, 11) is 0. The summed E-state index contributed by atoms with van der Waals surface area (Å²) in [4.78, 5) is 22.3.